The summed E-state index contributed by atoms with van der Waals surface area (Å²) in [5, 5.41) is 3.00. The second kappa shape index (κ2) is 6.10. The maximum absolute atomic E-state index is 12.3. The summed E-state index contributed by atoms with van der Waals surface area (Å²) in [6.45, 7) is 4.02. The van der Waals surface area contributed by atoms with Crippen LogP contribution in [-0.2, 0) is 11.3 Å². The largest absolute Gasteiger partial charge is 0.381 e. The molecular formula is C14H21N3O2S. The zero-order chi connectivity index (χ0) is 13.8. The lowest BCUT2D eigenvalue weighted by Gasteiger charge is -2.44. The van der Waals surface area contributed by atoms with Gasteiger partial charge in [-0.2, -0.15) is 0 Å². The first-order valence-electron chi connectivity index (χ1n) is 7.28. The summed E-state index contributed by atoms with van der Waals surface area (Å²) in [5.41, 5.74) is 0.304. The van der Waals surface area contributed by atoms with Gasteiger partial charge in [-0.3, -0.25) is 0 Å². The van der Waals surface area contributed by atoms with E-state index in [0.29, 0.717) is 12.0 Å². The van der Waals surface area contributed by atoms with Gasteiger partial charge in [0, 0.05) is 37.4 Å². The molecule has 1 spiro atoms. The van der Waals surface area contributed by atoms with Gasteiger partial charge in [-0.1, -0.05) is 0 Å². The number of amides is 2. The molecular weight excluding hydrogens is 274 g/mol. The molecule has 20 heavy (non-hydrogen) atoms. The lowest BCUT2D eigenvalue weighted by atomic mass is 9.74. The highest BCUT2D eigenvalue weighted by atomic mass is 32.1. The number of carbonyl (C=O) groups is 1. The van der Waals surface area contributed by atoms with Gasteiger partial charge in [0.05, 0.1) is 6.54 Å². The topological polar surface area (TPSA) is 54.5 Å². The third-order valence-electron chi connectivity index (χ3n) is 4.41. The van der Waals surface area contributed by atoms with E-state index in [-0.39, 0.29) is 6.03 Å². The summed E-state index contributed by atoms with van der Waals surface area (Å²) in [6.07, 6.45) is 6.28. The molecule has 3 heterocycles. The van der Waals surface area contributed by atoms with E-state index in [0.717, 1.165) is 50.4 Å². The Kier molecular flexibility index (Phi) is 4.21. The predicted molar refractivity (Wildman–Crippen MR) is 77.6 cm³/mol. The molecule has 3 rings (SSSR count). The number of likely N-dealkylation sites (tertiary alicyclic amines) is 1. The van der Waals surface area contributed by atoms with Gasteiger partial charge in [-0.25, -0.2) is 9.17 Å². The van der Waals surface area contributed by atoms with Crippen molar-refractivity contribution in [1.82, 2.24) is 14.6 Å². The van der Waals surface area contributed by atoms with E-state index < -0.39 is 0 Å². The highest BCUT2D eigenvalue weighted by molar-refractivity contribution is 7.05. The normalized spacial score (nSPS) is 21.9. The Balaban J connectivity index is 1.54. The summed E-state index contributed by atoms with van der Waals surface area (Å²) < 4.78 is 9.51. The summed E-state index contributed by atoms with van der Waals surface area (Å²) in [7, 11) is 0. The quantitative estimate of drug-likeness (QED) is 0.910. The smallest absolute Gasteiger partial charge is 0.317 e. The van der Waals surface area contributed by atoms with Crippen molar-refractivity contribution in [2.45, 2.75) is 32.2 Å². The fourth-order valence-corrected chi connectivity index (χ4v) is 3.72. The minimum Gasteiger partial charge on any atom is -0.381 e. The highest BCUT2D eigenvalue weighted by Gasteiger charge is 2.38. The van der Waals surface area contributed by atoms with E-state index in [2.05, 4.69) is 9.69 Å². The molecule has 0 atom stereocenters. The third kappa shape index (κ3) is 3.12. The van der Waals surface area contributed by atoms with Gasteiger partial charge in [-0.05, 0) is 48.7 Å². The van der Waals surface area contributed by atoms with Gasteiger partial charge in [0.1, 0.15) is 0 Å². The van der Waals surface area contributed by atoms with Crippen LogP contribution in [0.4, 0.5) is 4.79 Å². The molecule has 1 N–H and O–H groups in total. The summed E-state index contributed by atoms with van der Waals surface area (Å²) >= 11 is 1.43. The van der Waals surface area contributed by atoms with Crippen LogP contribution >= 0.6 is 11.5 Å². The number of hydrogen-bond acceptors (Lipinski definition) is 4. The molecule has 5 nitrogen and oxygen atoms in total. The first-order valence-corrected chi connectivity index (χ1v) is 8.05. The Hall–Kier alpha value is -1.14. The Morgan fingerprint density at radius 2 is 2.30 bits per heavy atom. The van der Waals surface area contributed by atoms with Crippen molar-refractivity contribution >= 4 is 17.6 Å². The van der Waals surface area contributed by atoms with Crippen molar-refractivity contribution in [3.63, 3.8) is 0 Å². The molecule has 2 aliphatic heterocycles. The average molecular weight is 295 g/mol. The number of aromatic nitrogens is 1. The summed E-state index contributed by atoms with van der Waals surface area (Å²) in [6, 6.07) is 2.00. The van der Waals surface area contributed by atoms with E-state index in [4.69, 9.17) is 4.74 Å². The zero-order valence-corrected chi connectivity index (χ0v) is 12.5. The van der Waals surface area contributed by atoms with E-state index >= 15 is 0 Å². The monoisotopic (exact) mass is 295 g/mol. The second-order valence-electron chi connectivity index (χ2n) is 5.77. The molecule has 6 heteroatoms. The maximum Gasteiger partial charge on any atom is 0.317 e. The van der Waals surface area contributed by atoms with E-state index in [9.17, 15) is 4.79 Å². The number of urea groups is 1. The molecule has 0 radical (unpaired) electrons. The molecule has 0 bridgehead atoms. The van der Waals surface area contributed by atoms with Crippen LogP contribution in [0.1, 0.15) is 30.6 Å². The molecule has 0 saturated carbocycles. The van der Waals surface area contributed by atoms with Crippen LogP contribution in [-0.4, -0.2) is 41.6 Å². The van der Waals surface area contributed by atoms with Gasteiger partial charge in [-0.15, -0.1) is 0 Å². The standard InChI is InChI=1S/C14H21N3O2S/c18-13(15-10-12-2-6-16-20-12)17-7-1-3-14(11-17)4-8-19-9-5-14/h2,6H,1,3-5,7-11H2,(H,15,18). The van der Waals surface area contributed by atoms with Crippen molar-refractivity contribution in [2.75, 3.05) is 26.3 Å². The van der Waals surface area contributed by atoms with Crippen LogP contribution in [0.25, 0.3) is 0 Å². The highest BCUT2D eigenvalue weighted by Crippen LogP contribution is 2.39. The predicted octanol–water partition coefficient (Wildman–Crippen LogP) is 2.25. The number of nitrogens with one attached hydrogen (secondary N) is 1. The second-order valence-corrected chi connectivity index (χ2v) is 6.69. The number of piperidine rings is 1. The first-order chi connectivity index (χ1) is 9.77. The molecule has 2 amide bonds. The third-order valence-corrected chi connectivity index (χ3v) is 5.15. The zero-order valence-electron chi connectivity index (χ0n) is 11.6. The molecule has 0 unspecified atom stereocenters. The minimum absolute atomic E-state index is 0.0592. The Bertz CT molecular complexity index is 438. The SMILES string of the molecule is O=C(NCc1ccns1)N1CCCC2(CCOCC2)C1. The van der Waals surface area contributed by atoms with Crippen LogP contribution in [0.2, 0.25) is 0 Å². The van der Waals surface area contributed by atoms with Crippen LogP contribution in [0.5, 0.6) is 0 Å². The van der Waals surface area contributed by atoms with Crippen LogP contribution in [0.15, 0.2) is 12.3 Å². The fraction of sp³-hybridized carbons (Fsp3) is 0.714. The lowest BCUT2D eigenvalue weighted by molar-refractivity contribution is -0.0186. The van der Waals surface area contributed by atoms with Crippen molar-refractivity contribution in [2.24, 2.45) is 5.41 Å². The van der Waals surface area contributed by atoms with Crippen molar-refractivity contribution in [3.05, 3.63) is 17.1 Å². The minimum atomic E-state index is 0.0592. The molecule has 2 aliphatic rings. The number of nitrogens with zero attached hydrogens (tertiary/aromatic N) is 2. The fourth-order valence-electron chi connectivity index (χ4n) is 3.20. The van der Waals surface area contributed by atoms with E-state index in [1.165, 1.54) is 18.0 Å². The Morgan fingerprint density at radius 1 is 1.45 bits per heavy atom. The van der Waals surface area contributed by atoms with E-state index in [1.807, 2.05) is 11.0 Å². The maximum atomic E-state index is 12.3. The summed E-state index contributed by atoms with van der Waals surface area (Å²) in [4.78, 5) is 15.4. The molecule has 0 aliphatic carbocycles. The van der Waals surface area contributed by atoms with Gasteiger partial charge in [0.2, 0.25) is 0 Å². The lowest BCUT2D eigenvalue weighted by Crippen LogP contribution is -2.51. The van der Waals surface area contributed by atoms with Crippen molar-refractivity contribution in [3.8, 4) is 0 Å². The molecule has 1 aromatic heterocycles. The molecule has 2 saturated heterocycles. The molecule has 1 aromatic rings. The van der Waals surface area contributed by atoms with Gasteiger partial charge >= 0.3 is 6.03 Å². The number of ether oxygens (including phenoxy) is 1. The van der Waals surface area contributed by atoms with Gasteiger partial charge in [0.25, 0.3) is 0 Å². The molecule has 0 aromatic carbocycles. The van der Waals surface area contributed by atoms with Crippen LogP contribution in [0, 0.1) is 5.41 Å². The Morgan fingerprint density at radius 3 is 3.05 bits per heavy atom. The van der Waals surface area contributed by atoms with Crippen molar-refractivity contribution < 1.29 is 9.53 Å². The van der Waals surface area contributed by atoms with Crippen molar-refractivity contribution in [1.29, 1.82) is 0 Å². The molecule has 110 valence electrons. The number of rotatable bonds is 2. The summed E-state index contributed by atoms with van der Waals surface area (Å²) in [5.74, 6) is 0. The molecule has 2 fully saturated rings. The van der Waals surface area contributed by atoms with E-state index in [1.54, 1.807) is 6.20 Å². The average Bonchev–Trinajstić information content (AvgIpc) is 2.99. The first kappa shape index (κ1) is 13.8. The Labute approximate surface area is 123 Å². The number of hydrogen-bond donors (Lipinski definition) is 1. The van der Waals surface area contributed by atoms with Crippen LogP contribution in [0.3, 0.4) is 0 Å². The van der Waals surface area contributed by atoms with Gasteiger partial charge in [0.15, 0.2) is 0 Å². The van der Waals surface area contributed by atoms with Gasteiger partial charge < -0.3 is 15.0 Å². The van der Waals surface area contributed by atoms with Crippen LogP contribution < -0.4 is 5.32 Å². The number of carbonyl (C=O) groups excluding carboxylic acids is 1.